The first kappa shape index (κ1) is 7.78. The van der Waals surface area contributed by atoms with E-state index in [-0.39, 0.29) is 0 Å². The molecule has 0 spiro atoms. The minimum Gasteiger partial charge on any atom is -0.375 e. The minimum absolute atomic E-state index is 0.814. The van der Waals surface area contributed by atoms with Gasteiger partial charge in [-0.2, -0.15) is 13.2 Å². The Balaban J connectivity index is 5.36. The fourth-order valence-electron chi connectivity index (χ4n) is 0.494. The van der Waals surface area contributed by atoms with Crippen LogP contribution in [0.4, 0.5) is 13.2 Å². The fourth-order valence-corrected chi connectivity index (χ4v) is 0.494. The third kappa shape index (κ3) is 2.33. The molecule has 7 heteroatoms. The summed E-state index contributed by atoms with van der Waals surface area (Å²) < 4.78 is 49.7. The monoisotopic (exact) mass is 189 g/mol. The van der Waals surface area contributed by atoms with E-state index in [4.69, 9.17) is 7.85 Å². The Bertz CT molecular complexity index is 245. The average Bonchev–Trinajstić information content (AvgIpc) is 2.00. The number of alkyl halides is 3. The molecule has 0 rings (SSSR count). The van der Waals surface area contributed by atoms with Crippen molar-refractivity contribution in [2.75, 3.05) is 6.50 Å². The Kier molecular flexibility index (Phi) is 2.11. The first-order valence-electron chi connectivity index (χ1n) is 3.94. The zero-order valence-corrected chi connectivity index (χ0v) is 6.05. The molecule has 0 fully saturated rings. The van der Waals surface area contributed by atoms with Gasteiger partial charge in [0.15, 0.2) is 0 Å². The lowest BCUT2D eigenvalue weighted by Crippen LogP contribution is -2.50. The molecule has 0 radical (unpaired) electrons. The van der Waals surface area contributed by atoms with Crippen LogP contribution >= 0.6 is 0 Å². The van der Waals surface area contributed by atoms with E-state index in [1.807, 2.05) is 0 Å². The van der Waals surface area contributed by atoms with Gasteiger partial charge in [0.05, 0.1) is 0 Å². The van der Waals surface area contributed by atoms with E-state index in [0.717, 1.165) is 6.92 Å². The number of hydrogen-bond donors (Lipinski definition) is 1. The highest BCUT2D eigenvalue weighted by molar-refractivity contribution is 4.84. The van der Waals surface area contributed by atoms with Crippen molar-refractivity contribution in [2.24, 2.45) is 0 Å². The molecule has 0 heterocycles. The molecule has 0 saturated heterocycles. The molecule has 0 aromatic heterocycles. The van der Waals surface area contributed by atoms with E-state index in [1.54, 1.807) is 0 Å². The third-order valence-electron chi connectivity index (χ3n) is 1.26. The Labute approximate surface area is 69.0 Å². The minimum atomic E-state index is -5.39. The predicted octanol–water partition coefficient (Wildman–Crippen LogP) is 0.967. The quantitative estimate of drug-likeness (QED) is 0.531. The summed E-state index contributed by atoms with van der Waals surface area (Å²) in [5.41, 5.74) is -3.97. The normalized spacial score (nSPS) is 20.8. The van der Waals surface area contributed by atoms with E-state index >= 15 is 0 Å². The molecule has 0 aromatic carbocycles. The van der Waals surface area contributed by atoms with Crippen LogP contribution in [0.3, 0.4) is 0 Å². The van der Waals surface area contributed by atoms with Gasteiger partial charge in [0, 0.05) is 4.92 Å². The van der Waals surface area contributed by atoms with E-state index in [2.05, 4.69) is 0 Å². The number of halogens is 3. The Morgan fingerprint density at radius 1 is 1.67 bits per heavy atom. The number of aliphatic hydroxyl groups is 1. The van der Waals surface area contributed by atoms with Gasteiger partial charge in [0.2, 0.25) is 12.1 Å². The summed E-state index contributed by atoms with van der Waals surface area (Å²) in [7, 11) is 0. The van der Waals surface area contributed by atoms with Crippen LogP contribution in [-0.2, 0) is 0 Å². The standard InChI is InChI=1S/C5H8F3NO3/c1-2-4(10,3-9(11)12)5(6,7)8/h10H,2-3H2,1H3/i3D2. The highest BCUT2D eigenvalue weighted by Gasteiger charge is 2.56. The van der Waals surface area contributed by atoms with Gasteiger partial charge in [-0.1, -0.05) is 6.92 Å². The zero-order valence-electron chi connectivity index (χ0n) is 8.05. The molecule has 0 saturated carbocycles. The Hall–Kier alpha value is -0.850. The molecule has 0 aliphatic heterocycles. The Morgan fingerprint density at radius 3 is 2.17 bits per heavy atom. The van der Waals surface area contributed by atoms with Gasteiger partial charge in [0.1, 0.15) is 2.74 Å². The largest absolute Gasteiger partial charge is 0.423 e. The number of hydrogen-bond acceptors (Lipinski definition) is 3. The van der Waals surface area contributed by atoms with Crippen molar-refractivity contribution >= 4 is 0 Å². The summed E-state index contributed by atoms with van der Waals surface area (Å²) in [6.45, 7) is -3.14. The third-order valence-corrected chi connectivity index (χ3v) is 1.26. The summed E-state index contributed by atoms with van der Waals surface area (Å²) in [6, 6.07) is 0. The number of nitro groups is 1. The van der Waals surface area contributed by atoms with Crippen LogP contribution in [0, 0.1) is 10.1 Å². The topological polar surface area (TPSA) is 63.4 Å². The maximum atomic E-state index is 12.2. The maximum Gasteiger partial charge on any atom is 0.423 e. The first-order chi connectivity index (χ1) is 6.00. The molecule has 1 atom stereocenters. The van der Waals surface area contributed by atoms with Gasteiger partial charge in [-0.05, 0) is 6.42 Å². The van der Waals surface area contributed by atoms with Crippen LogP contribution in [-0.4, -0.2) is 28.3 Å². The molecule has 4 nitrogen and oxygen atoms in total. The molecule has 0 bridgehead atoms. The van der Waals surface area contributed by atoms with Crippen molar-refractivity contribution < 1.29 is 25.9 Å². The van der Waals surface area contributed by atoms with E-state index in [1.165, 1.54) is 0 Å². The molecule has 0 aliphatic carbocycles. The molecule has 72 valence electrons. The van der Waals surface area contributed by atoms with Crippen molar-refractivity contribution in [2.45, 2.75) is 25.1 Å². The zero-order chi connectivity index (χ0) is 11.8. The second-order valence-corrected chi connectivity index (χ2v) is 2.08. The molecule has 1 unspecified atom stereocenters. The average molecular weight is 189 g/mol. The molecular weight excluding hydrogens is 179 g/mol. The lowest BCUT2D eigenvalue weighted by atomic mass is 10.0. The van der Waals surface area contributed by atoms with E-state index in [9.17, 15) is 23.3 Å². The lowest BCUT2D eigenvalue weighted by molar-refractivity contribution is -0.516. The second-order valence-electron chi connectivity index (χ2n) is 2.08. The smallest absolute Gasteiger partial charge is 0.375 e. The number of rotatable bonds is 3. The van der Waals surface area contributed by atoms with Crippen molar-refractivity contribution in [1.82, 2.24) is 0 Å². The van der Waals surface area contributed by atoms with E-state index in [0.29, 0.717) is 0 Å². The summed E-state index contributed by atoms with van der Waals surface area (Å²) >= 11 is 0. The number of nitrogens with zero attached hydrogens (tertiary/aromatic N) is 1. The van der Waals surface area contributed by atoms with Gasteiger partial charge < -0.3 is 5.11 Å². The van der Waals surface area contributed by atoms with Crippen molar-refractivity contribution in [3.8, 4) is 0 Å². The first-order valence-corrected chi connectivity index (χ1v) is 2.94. The van der Waals surface area contributed by atoms with Crippen LogP contribution in [0.2, 0.25) is 0 Å². The SMILES string of the molecule is [2H]C([2H])([N+](=O)[O-])C(O)(CC)C(F)(F)F. The molecular formula is C5H8F3NO3. The van der Waals surface area contributed by atoms with Gasteiger partial charge in [-0.15, -0.1) is 0 Å². The fraction of sp³-hybridized carbons (Fsp3) is 1.00. The van der Waals surface area contributed by atoms with Crippen LogP contribution in [0.5, 0.6) is 0 Å². The lowest BCUT2D eigenvalue weighted by Gasteiger charge is -2.24. The van der Waals surface area contributed by atoms with Gasteiger partial charge >= 0.3 is 6.18 Å². The second kappa shape index (κ2) is 3.26. The van der Waals surface area contributed by atoms with Crippen molar-refractivity contribution in [3.05, 3.63) is 10.1 Å². The van der Waals surface area contributed by atoms with Crippen molar-refractivity contribution in [3.63, 3.8) is 0 Å². The van der Waals surface area contributed by atoms with Crippen LogP contribution < -0.4 is 0 Å². The Morgan fingerprint density at radius 2 is 2.08 bits per heavy atom. The van der Waals surface area contributed by atoms with Gasteiger partial charge in [-0.3, -0.25) is 10.1 Å². The highest BCUT2D eigenvalue weighted by atomic mass is 19.4. The van der Waals surface area contributed by atoms with Crippen LogP contribution in [0.25, 0.3) is 0 Å². The molecule has 0 amide bonds. The maximum absolute atomic E-state index is 12.2. The summed E-state index contributed by atoms with van der Waals surface area (Å²) in [5, 5.41) is 19.0. The molecule has 0 aromatic rings. The molecule has 12 heavy (non-hydrogen) atoms. The summed E-state index contributed by atoms with van der Waals surface area (Å²) in [5.74, 6) is 0. The summed E-state index contributed by atoms with van der Waals surface area (Å²) in [6.07, 6.45) is -6.52. The highest BCUT2D eigenvalue weighted by Crippen LogP contribution is 2.32. The summed E-state index contributed by atoms with van der Waals surface area (Å²) in [4.78, 5) is 8.26. The molecule has 0 aliphatic rings. The van der Waals surface area contributed by atoms with E-state index < -0.39 is 29.6 Å². The van der Waals surface area contributed by atoms with Crippen molar-refractivity contribution in [1.29, 1.82) is 0 Å². The molecule has 1 N–H and O–H groups in total. The predicted molar refractivity (Wildman–Crippen MR) is 33.2 cm³/mol. The van der Waals surface area contributed by atoms with Crippen LogP contribution in [0.1, 0.15) is 16.1 Å². The van der Waals surface area contributed by atoms with Crippen LogP contribution in [0.15, 0.2) is 0 Å². The van der Waals surface area contributed by atoms with Gasteiger partial charge in [-0.25, -0.2) is 0 Å². The van der Waals surface area contributed by atoms with Gasteiger partial charge in [0.25, 0.3) is 0 Å².